The Morgan fingerprint density at radius 3 is 2.74 bits per heavy atom. The van der Waals surface area contributed by atoms with Crippen LogP contribution in [-0.4, -0.2) is 45.1 Å². The lowest BCUT2D eigenvalue weighted by Gasteiger charge is -2.06. The number of nitrogens with one attached hydrogen (secondary N) is 1. The molecule has 0 aliphatic heterocycles. The molecule has 0 saturated heterocycles. The first-order valence-electron chi connectivity index (χ1n) is 8.49. The van der Waals surface area contributed by atoms with Gasteiger partial charge in [0.2, 0.25) is 5.91 Å². The van der Waals surface area contributed by atoms with E-state index in [1.807, 2.05) is 48.0 Å². The summed E-state index contributed by atoms with van der Waals surface area (Å²) in [5.41, 5.74) is 2.04. The van der Waals surface area contributed by atoms with Gasteiger partial charge in [-0.15, -0.1) is 10.2 Å². The molecule has 7 nitrogen and oxygen atoms in total. The van der Waals surface area contributed by atoms with Crippen LogP contribution in [-0.2, 0) is 18.3 Å². The van der Waals surface area contributed by atoms with Crippen LogP contribution in [0.3, 0.4) is 0 Å². The van der Waals surface area contributed by atoms with Gasteiger partial charge in [-0.3, -0.25) is 9.78 Å². The zero-order chi connectivity index (χ0) is 19.1. The minimum Gasteiger partial charge on any atom is -0.497 e. The lowest BCUT2D eigenvalue weighted by Crippen LogP contribution is -2.27. The molecular weight excluding hydrogens is 362 g/mol. The van der Waals surface area contributed by atoms with Gasteiger partial charge in [0.05, 0.1) is 12.9 Å². The Morgan fingerprint density at radius 2 is 2.04 bits per heavy atom. The summed E-state index contributed by atoms with van der Waals surface area (Å²) in [6.07, 6.45) is 4.23. The number of nitrogens with zero attached hydrogens (tertiary/aromatic N) is 4. The number of carbonyl (C=O) groups excluding carboxylic acids is 1. The second-order valence-corrected chi connectivity index (χ2v) is 6.79. The van der Waals surface area contributed by atoms with E-state index in [1.165, 1.54) is 11.8 Å². The van der Waals surface area contributed by atoms with E-state index in [9.17, 15) is 4.79 Å². The first kappa shape index (κ1) is 18.9. The minimum absolute atomic E-state index is 0.0283. The molecule has 0 bridgehead atoms. The SMILES string of the molecule is COc1ccc(CCNC(=O)CSc2nnc(-c3cccnc3)n2C)cc1. The van der Waals surface area contributed by atoms with Crippen molar-refractivity contribution in [2.24, 2.45) is 7.05 Å². The summed E-state index contributed by atoms with van der Waals surface area (Å²) in [4.78, 5) is 16.2. The monoisotopic (exact) mass is 383 g/mol. The fourth-order valence-electron chi connectivity index (χ4n) is 2.51. The Morgan fingerprint density at radius 1 is 1.22 bits per heavy atom. The number of pyridine rings is 1. The number of hydrogen-bond acceptors (Lipinski definition) is 6. The Balaban J connectivity index is 1.46. The zero-order valence-electron chi connectivity index (χ0n) is 15.3. The van der Waals surface area contributed by atoms with Crippen molar-refractivity contribution in [2.75, 3.05) is 19.4 Å². The van der Waals surface area contributed by atoms with Crippen molar-refractivity contribution in [1.82, 2.24) is 25.1 Å². The lowest BCUT2D eigenvalue weighted by atomic mass is 10.1. The molecule has 2 heterocycles. The molecule has 0 unspecified atom stereocenters. The third-order valence-corrected chi connectivity index (χ3v) is 5.00. The Labute approximate surface area is 162 Å². The molecule has 8 heteroatoms. The number of methoxy groups -OCH3 is 1. The molecule has 140 valence electrons. The smallest absolute Gasteiger partial charge is 0.230 e. The average molecular weight is 383 g/mol. The van der Waals surface area contributed by atoms with Crippen LogP contribution in [0.25, 0.3) is 11.4 Å². The molecule has 3 aromatic rings. The Bertz CT molecular complexity index is 881. The van der Waals surface area contributed by atoms with Crippen molar-refractivity contribution in [3.63, 3.8) is 0 Å². The van der Waals surface area contributed by atoms with E-state index in [2.05, 4.69) is 20.5 Å². The molecule has 3 rings (SSSR count). The predicted octanol–water partition coefficient (Wildman–Crippen LogP) is 2.34. The van der Waals surface area contributed by atoms with E-state index in [4.69, 9.17) is 4.74 Å². The van der Waals surface area contributed by atoms with Gasteiger partial charge in [-0.25, -0.2) is 0 Å². The van der Waals surface area contributed by atoms with Crippen molar-refractivity contribution < 1.29 is 9.53 Å². The van der Waals surface area contributed by atoms with Gasteiger partial charge in [0.25, 0.3) is 0 Å². The van der Waals surface area contributed by atoms with Gasteiger partial charge < -0.3 is 14.6 Å². The largest absolute Gasteiger partial charge is 0.497 e. The molecule has 27 heavy (non-hydrogen) atoms. The van der Waals surface area contributed by atoms with Gasteiger partial charge >= 0.3 is 0 Å². The highest BCUT2D eigenvalue weighted by Gasteiger charge is 2.12. The third-order valence-electron chi connectivity index (χ3n) is 3.98. The van der Waals surface area contributed by atoms with Crippen LogP contribution in [0, 0.1) is 0 Å². The molecule has 1 N–H and O–H groups in total. The van der Waals surface area contributed by atoms with E-state index in [1.54, 1.807) is 19.5 Å². The summed E-state index contributed by atoms with van der Waals surface area (Å²) in [6.45, 7) is 0.589. The normalized spacial score (nSPS) is 10.6. The van der Waals surface area contributed by atoms with Crippen LogP contribution < -0.4 is 10.1 Å². The third kappa shape index (κ3) is 5.07. The second kappa shape index (κ2) is 9.18. The molecule has 1 amide bonds. The van der Waals surface area contributed by atoms with Crippen LogP contribution >= 0.6 is 11.8 Å². The van der Waals surface area contributed by atoms with E-state index in [0.717, 1.165) is 29.1 Å². The first-order valence-corrected chi connectivity index (χ1v) is 9.48. The van der Waals surface area contributed by atoms with E-state index in [0.29, 0.717) is 17.5 Å². The number of ether oxygens (including phenoxy) is 1. The number of amides is 1. The number of rotatable bonds is 8. The van der Waals surface area contributed by atoms with Crippen molar-refractivity contribution in [2.45, 2.75) is 11.6 Å². The van der Waals surface area contributed by atoms with Crippen LogP contribution in [0.5, 0.6) is 5.75 Å². The molecule has 0 fully saturated rings. The van der Waals surface area contributed by atoms with Gasteiger partial charge in [-0.1, -0.05) is 23.9 Å². The number of aromatic nitrogens is 4. The quantitative estimate of drug-likeness (QED) is 0.601. The van der Waals surface area contributed by atoms with Crippen LogP contribution in [0.4, 0.5) is 0 Å². The molecule has 0 atom stereocenters. The van der Waals surface area contributed by atoms with Gasteiger partial charge in [0.1, 0.15) is 5.75 Å². The molecule has 0 saturated carbocycles. The minimum atomic E-state index is -0.0283. The van der Waals surface area contributed by atoms with Gasteiger partial charge in [0.15, 0.2) is 11.0 Å². The van der Waals surface area contributed by atoms with E-state index >= 15 is 0 Å². The summed E-state index contributed by atoms with van der Waals surface area (Å²) in [5, 5.41) is 12.0. The van der Waals surface area contributed by atoms with Crippen molar-refractivity contribution >= 4 is 17.7 Å². The fraction of sp³-hybridized carbons (Fsp3) is 0.263. The van der Waals surface area contributed by atoms with E-state index < -0.39 is 0 Å². The summed E-state index contributed by atoms with van der Waals surface area (Å²) < 4.78 is 7.00. The average Bonchev–Trinajstić information content (AvgIpc) is 3.08. The second-order valence-electron chi connectivity index (χ2n) is 5.84. The summed E-state index contributed by atoms with van der Waals surface area (Å²) in [7, 11) is 3.52. The maximum Gasteiger partial charge on any atom is 0.230 e. The van der Waals surface area contributed by atoms with E-state index in [-0.39, 0.29) is 5.91 Å². The number of carbonyl (C=O) groups is 1. The molecule has 0 aliphatic rings. The maximum absolute atomic E-state index is 12.1. The van der Waals surface area contributed by atoms with Crippen LogP contribution in [0.1, 0.15) is 5.56 Å². The molecule has 0 radical (unpaired) electrons. The van der Waals surface area contributed by atoms with Crippen molar-refractivity contribution in [1.29, 1.82) is 0 Å². The van der Waals surface area contributed by atoms with Gasteiger partial charge in [-0.05, 0) is 36.2 Å². The fourth-order valence-corrected chi connectivity index (χ4v) is 3.25. The van der Waals surface area contributed by atoms with Gasteiger partial charge in [0, 0.05) is 31.5 Å². The lowest BCUT2D eigenvalue weighted by molar-refractivity contribution is -0.118. The molecular formula is C19H21N5O2S. The number of hydrogen-bond donors (Lipinski definition) is 1. The summed E-state index contributed by atoms with van der Waals surface area (Å²) >= 11 is 1.36. The highest BCUT2D eigenvalue weighted by atomic mass is 32.2. The standard InChI is InChI=1S/C19H21N5O2S/c1-24-18(15-4-3-10-20-12-15)22-23-19(24)27-13-17(25)21-11-9-14-5-7-16(26-2)8-6-14/h3-8,10,12H,9,11,13H2,1-2H3,(H,21,25). The highest BCUT2D eigenvalue weighted by molar-refractivity contribution is 7.99. The van der Waals surface area contributed by atoms with Crippen LogP contribution in [0.2, 0.25) is 0 Å². The number of thioether (sulfide) groups is 1. The summed E-state index contributed by atoms with van der Waals surface area (Å²) in [6, 6.07) is 11.6. The predicted molar refractivity (Wildman–Crippen MR) is 105 cm³/mol. The molecule has 0 aliphatic carbocycles. The van der Waals surface area contributed by atoms with Crippen molar-refractivity contribution in [3.05, 3.63) is 54.4 Å². The zero-order valence-corrected chi connectivity index (χ0v) is 16.1. The Hall–Kier alpha value is -2.87. The highest BCUT2D eigenvalue weighted by Crippen LogP contribution is 2.21. The van der Waals surface area contributed by atoms with Gasteiger partial charge in [-0.2, -0.15) is 0 Å². The Kier molecular flexibility index (Phi) is 6.43. The topological polar surface area (TPSA) is 81.9 Å². The van der Waals surface area contributed by atoms with Crippen LogP contribution in [0.15, 0.2) is 53.9 Å². The summed E-state index contributed by atoms with van der Waals surface area (Å²) in [5.74, 6) is 1.82. The maximum atomic E-state index is 12.1. The molecule has 2 aromatic heterocycles. The molecule has 0 spiro atoms. The molecule has 1 aromatic carbocycles. The number of benzene rings is 1. The van der Waals surface area contributed by atoms with Crippen molar-refractivity contribution in [3.8, 4) is 17.1 Å². The first-order chi connectivity index (χ1) is 13.2.